The molecule has 0 aliphatic carbocycles. The average molecular weight is 292 g/mol. The van der Waals surface area contributed by atoms with Crippen LogP contribution in [0.1, 0.15) is 6.92 Å². The molecule has 0 radical (unpaired) electrons. The number of carbonyl (C=O) groups is 1. The smallest absolute Gasteiger partial charge is 0.332 e. The van der Waals surface area contributed by atoms with Crippen molar-refractivity contribution in [3.05, 3.63) is 36.0 Å². The van der Waals surface area contributed by atoms with Gasteiger partial charge in [-0.25, -0.2) is 9.79 Å². The van der Waals surface area contributed by atoms with Crippen LogP contribution in [0, 0.1) is 0 Å². The van der Waals surface area contributed by atoms with Crippen LogP contribution in [0.3, 0.4) is 0 Å². The van der Waals surface area contributed by atoms with Crippen molar-refractivity contribution >= 4 is 28.6 Å². The van der Waals surface area contributed by atoms with Gasteiger partial charge in [-0.1, -0.05) is 11.8 Å². The van der Waals surface area contributed by atoms with E-state index in [0.29, 0.717) is 5.75 Å². The Morgan fingerprint density at radius 1 is 1.50 bits per heavy atom. The Bertz CT molecular complexity index is 552. The standard InChI is InChI=1S/C14H16N2O3S/c1-3-16-11(8-13(18)19-2)9-20-14(16)15-10-4-6-12(17)7-5-10/h4-8,17H,3,9H2,1-2H3/b11-8+,15-14?. The van der Waals surface area contributed by atoms with Gasteiger partial charge in [-0.05, 0) is 31.2 Å². The highest BCUT2D eigenvalue weighted by Gasteiger charge is 2.24. The molecule has 106 valence electrons. The molecule has 0 atom stereocenters. The molecule has 0 aromatic heterocycles. The maximum absolute atomic E-state index is 11.3. The van der Waals surface area contributed by atoms with Crippen molar-refractivity contribution in [3.8, 4) is 5.75 Å². The Morgan fingerprint density at radius 3 is 2.80 bits per heavy atom. The van der Waals surface area contributed by atoms with Crippen LogP contribution in [0.2, 0.25) is 0 Å². The fourth-order valence-electron chi connectivity index (χ4n) is 1.80. The van der Waals surface area contributed by atoms with Crippen LogP contribution in [-0.4, -0.2) is 40.6 Å². The molecule has 1 aromatic carbocycles. The van der Waals surface area contributed by atoms with Crippen molar-refractivity contribution in [2.24, 2.45) is 4.99 Å². The van der Waals surface area contributed by atoms with Gasteiger partial charge in [0, 0.05) is 24.1 Å². The van der Waals surface area contributed by atoms with Crippen molar-refractivity contribution in [1.82, 2.24) is 4.90 Å². The first-order valence-corrected chi connectivity index (χ1v) is 7.19. The molecule has 1 N–H and O–H groups in total. The predicted octanol–water partition coefficient (Wildman–Crippen LogP) is 2.51. The fourth-order valence-corrected chi connectivity index (χ4v) is 2.89. The lowest BCUT2D eigenvalue weighted by Crippen LogP contribution is -2.23. The van der Waals surface area contributed by atoms with Gasteiger partial charge in [0.1, 0.15) is 5.75 Å². The Kier molecular flexibility index (Phi) is 4.68. The van der Waals surface area contributed by atoms with E-state index in [-0.39, 0.29) is 11.7 Å². The van der Waals surface area contributed by atoms with Crippen molar-refractivity contribution in [3.63, 3.8) is 0 Å². The summed E-state index contributed by atoms with van der Waals surface area (Å²) in [7, 11) is 1.36. The molecule has 1 heterocycles. The minimum absolute atomic E-state index is 0.214. The molecular weight excluding hydrogens is 276 g/mol. The van der Waals surface area contributed by atoms with Crippen LogP contribution in [0.15, 0.2) is 41.0 Å². The molecule has 1 fully saturated rings. The molecule has 1 saturated heterocycles. The van der Waals surface area contributed by atoms with E-state index in [0.717, 1.165) is 23.1 Å². The number of rotatable bonds is 3. The van der Waals surface area contributed by atoms with E-state index in [1.807, 2.05) is 11.8 Å². The number of thioether (sulfide) groups is 1. The second kappa shape index (κ2) is 6.47. The van der Waals surface area contributed by atoms with Crippen LogP contribution in [0.25, 0.3) is 0 Å². The Hall–Kier alpha value is -1.95. The number of aromatic hydroxyl groups is 1. The van der Waals surface area contributed by atoms with E-state index >= 15 is 0 Å². The summed E-state index contributed by atoms with van der Waals surface area (Å²) >= 11 is 1.57. The number of aliphatic imine (C=N–C) groups is 1. The second-order valence-electron chi connectivity index (χ2n) is 4.10. The summed E-state index contributed by atoms with van der Waals surface area (Å²) in [6, 6.07) is 6.69. The van der Waals surface area contributed by atoms with Gasteiger partial charge in [0.15, 0.2) is 5.17 Å². The highest BCUT2D eigenvalue weighted by molar-refractivity contribution is 8.14. The predicted molar refractivity (Wildman–Crippen MR) is 80.1 cm³/mol. The molecule has 2 rings (SSSR count). The molecule has 20 heavy (non-hydrogen) atoms. The Balaban J connectivity index is 2.23. The number of nitrogens with zero attached hydrogens (tertiary/aromatic N) is 2. The molecule has 1 aliphatic heterocycles. The SMILES string of the molecule is CCN1C(=Nc2ccc(O)cc2)SC/C1=C\C(=O)OC. The molecule has 0 spiro atoms. The minimum Gasteiger partial charge on any atom is -0.508 e. The van der Waals surface area contributed by atoms with Gasteiger partial charge in [-0.2, -0.15) is 0 Å². The van der Waals surface area contributed by atoms with E-state index < -0.39 is 0 Å². The second-order valence-corrected chi connectivity index (χ2v) is 5.05. The van der Waals surface area contributed by atoms with E-state index in [4.69, 9.17) is 0 Å². The summed E-state index contributed by atoms with van der Waals surface area (Å²) in [6.45, 7) is 2.73. The third-order valence-electron chi connectivity index (χ3n) is 2.80. The van der Waals surface area contributed by atoms with Crippen LogP contribution in [0.4, 0.5) is 5.69 Å². The summed E-state index contributed by atoms with van der Waals surface area (Å²) in [5.41, 5.74) is 1.66. The number of hydrogen-bond donors (Lipinski definition) is 1. The molecule has 5 nitrogen and oxygen atoms in total. The molecule has 0 amide bonds. The number of benzene rings is 1. The molecule has 0 unspecified atom stereocenters. The zero-order valence-corrected chi connectivity index (χ0v) is 12.2. The number of hydrogen-bond acceptors (Lipinski definition) is 5. The zero-order chi connectivity index (χ0) is 14.5. The highest BCUT2D eigenvalue weighted by atomic mass is 32.2. The lowest BCUT2D eigenvalue weighted by atomic mass is 10.3. The van der Waals surface area contributed by atoms with Gasteiger partial charge in [-0.3, -0.25) is 0 Å². The molecule has 0 saturated carbocycles. The van der Waals surface area contributed by atoms with Crippen molar-refractivity contribution in [2.45, 2.75) is 6.92 Å². The lowest BCUT2D eigenvalue weighted by molar-refractivity contribution is -0.134. The lowest BCUT2D eigenvalue weighted by Gasteiger charge is -2.17. The molecule has 1 aliphatic rings. The summed E-state index contributed by atoms with van der Waals surface area (Å²) < 4.78 is 4.65. The maximum Gasteiger partial charge on any atom is 0.332 e. The molecule has 1 aromatic rings. The monoisotopic (exact) mass is 292 g/mol. The summed E-state index contributed by atoms with van der Waals surface area (Å²) in [6.07, 6.45) is 1.50. The molecule has 0 bridgehead atoms. The van der Waals surface area contributed by atoms with Crippen LogP contribution in [-0.2, 0) is 9.53 Å². The van der Waals surface area contributed by atoms with E-state index in [2.05, 4.69) is 9.73 Å². The Labute approximate surface area is 122 Å². The first-order valence-electron chi connectivity index (χ1n) is 6.20. The van der Waals surface area contributed by atoms with Gasteiger partial charge in [0.05, 0.1) is 12.8 Å². The van der Waals surface area contributed by atoms with Crippen LogP contribution < -0.4 is 0 Å². The third kappa shape index (κ3) is 3.33. The van der Waals surface area contributed by atoms with E-state index in [1.165, 1.54) is 13.2 Å². The van der Waals surface area contributed by atoms with Gasteiger partial charge in [0.2, 0.25) is 0 Å². The third-order valence-corrected chi connectivity index (χ3v) is 3.81. The maximum atomic E-state index is 11.3. The summed E-state index contributed by atoms with van der Waals surface area (Å²) in [4.78, 5) is 17.8. The minimum atomic E-state index is -0.357. The van der Waals surface area contributed by atoms with Gasteiger partial charge in [0.25, 0.3) is 0 Å². The number of carbonyl (C=O) groups excluding carboxylic acids is 1. The number of amidine groups is 1. The first kappa shape index (κ1) is 14.5. The number of phenols is 1. The van der Waals surface area contributed by atoms with Gasteiger partial charge >= 0.3 is 5.97 Å². The van der Waals surface area contributed by atoms with Gasteiger partial charge < -0.3 is 14.7 Å². The average Bonchev–Trinajstić information content (AvgIpc) is 2.83. The number of methoxy groups -OCH3 is 1. The highest BCUT2D eigenvalue weighted by Crippen LogP contribution is 2.29. The molecular formula is C14H16N2O3S. The Morgan fingerprint density at radius 2 is 2.20 bits per heavy atom. The van der Waals surface area contributed by atoms with E-state index in [1.54, 1.807) is 36.0 Å². The summed E-state index contributed by atoms with van der Waals surface area (Å²) in [5, 5.41) is 10.1. The van der Waals surface area contributed by atoms with Gasteiger partial charge in [-0.15, -0.1) is 0 Å². The van der Waals surface area contributed by atoms with Crippen molar-refractivity contribution in [2.75, 3.05) is 19.4 Å². The fraction of sp³-hybridized carbons (Fsp3) is 0.286. The number of phenolic OH excluding ortho intramolecular Hbond substituents is 1. The summed E-state index contributed by atoms with van der Waals surface area (Å²) in [5.74, 6) is 0.552. The largest absolute Gasteiger partial charge is 0.508 e. The van der Waals surface area contributed by atoms with Crippen LogP contribution >= 0.6 is 11.8 Å². The topological polar surface area (TPSA) is 62.1 Å². The van der Waals surface area contributed by atoms with E-state index in [9.17, 15) is 9.90 Å². The quantitative estimate of drug-likeness (QED) is 0.685. The van der Waals surface area contributed by atoms with Crippen LogP contribution in [0.5, 0.6) is 5.75 Å². The molecule has 6 heteroatoms. The normalized spacial score (nSPS) is 18.8. The number of ether oxygens (including phenoxy) is 1. The van der Waals surface area contributed by atoms with Crippen molar-refractivity contribution < 1.29 is 14.6 Å². The zero-order valence-electron chi connectivity index (χ0n) is 11.4. The van der Waals surface area contributed by atoms with Crippen molar-refractivity contribution in [1.29, 1.82) is 0 Å². The first-order chi connectivity index (χ1) is 9.63. The number of esters is 1.